The molecule has 0 aromatic carbocycles. The van der Waals surface area contributed by atoms with Crippen molar-refractivity contribution in [1.29, 1.82) is 0 Å². The highest BCUT2D eigenvalue weighted by atomic mass is 32.2. The highest BCUT2D eigenvalue weighted by Crippen LogP contribution is 2.26. The number of carbonyl (C=O) groups excluding carboxylic acids is 1. The van der Waals surface area contributed by atoms with Gasteiger partial charge in [0.25, 0.3) is 10.0 Å². The standard InChI is InChI=1S/C12H14FN3O3S/c13-10-2-1-5-14-12(10)20(18,19)15-6-7-16-9(8-15)3-4-11(16)17/h1-2,5,9H,3-4,6-8H2. The monoisotopic (exact) mass is 299 g/mol. The number of sulfonamides is 1. The minimum atomic E-state index is -3.94. The molecule has 0 aliphatic carbocycles. The lowest BCUT2D eigenvalue weighted by Crippen LogP contribution is -2.53. The van der Waals surface area contributed by atoms with E-state index in [-0.39, 0.29) is 25.0 Å². The molecule has 1 unspecified atom stereocenters. The second-order valence-corrected chi connectivity index (χ2v) is 6.79. The first kappa shape index (κ1) is 13.4. The average Bonchev–Trinajstić information content (AvgIpc) is 2.80. The lowest BCUT2D eigenvalue weighted by molar-refractivity contribution is -0.130. The Morgan fingerprint density at radius 1 is 1.35 bits per heavy atom. The maximum Gasteiger partial charge on any atom is 0.263 e. The second-order valence-electron chi connectivity index (χ2n) is 4.93. The van der Waals surface area contributed by atoms with Crippen LogP contribution in [0.4, 0.5) is 4.39 Å². The van der Waals surface area contributed by atoms with Gasteiger partial charge in [-0.2, -0.15) is 4.31 Å². The first-order valence-electron chi connectivity index (χ1n) is 6.40. The van der Waals surface area contributed by atoms with Crippen LogP contribution in [0.3, 0.4) is 0 Å². The van der Waals surface area contributed by atoms with Crippen molar-refractivity contribution in [3.63, 3.8) is 0 Å². The van der Waals surface area contributed by atoms with Gasteiger partial charge in [-0.05, 0) is 18.6 Å². The molecule has 2 aliphatic heterocycles. The predicted molar refractivity (Wildman–Crippen MR) is 67.7 cm³/mol. The Morgan fingerprint density at radius 2 is 2.15 bits per heavy atom. The summed E-state index contributed by atoms with van der Waals surface area (Å²) in [4.78, 5) is 16.9. The molecule has 2 fully saturated rings. The van der Waals surface area contributed by atoms with E-state index in [2.05, 4.69) is 4.98 Å². The average molecular weight is 299 g/mol. The van der Waals surface area contributed by atoms with Gasteiger partial charge in [0.15, 0.2) is 5.82 Å². The number of nitrogens with zero attached hydrogens (tertiary/aromatic N) is 3. The van der Waals surface area contributed by atoms with Crippen molar-refractivity contribution >= 4 is 15.9 Å². The van der Waals surface area contributed by atoms with E-state index in [0.29, 0.717) is 19.4 Å². The summed E-state index contributed by atoms with van der Waals surface area (Å²) in [6.07, 6.45) is 2.36. The van der Waals surface area contributed by atoms with Gasteiger partial charge >= 0.3 is 0 Å². The fourth-order valence-electron chi connectivity index (χ4n) is 2.74. The van der Waals surface area contributed by atoms with E-state index in [4.69, 9.17) is 0 Å². The van der Waals surface area contributed by atoms with E-state index in [1.165, 1.54) is 16.6 Å². The molecule has 0 spiro atoms. The fourth-order valence-corrected chi connectivity index (χ4v) is 4.18. The maximum atomic E-state index is 13.6. The van der Waals surface area contributed by atoms with Crippen LogP contribution < -0.4 is 0 Å². The van der Waals surface area contributed by atoms with Crippen LogP contribution in [-0.2, 0) is 14.8 Å². The number of hydrogen-bond acceptors (Lipinski definition) is 4. The zero-order chi connectivity index (χ0) is 14.3. The molecule has 1 aromatic heterocycles. The summed E-state index contributed by atoms with van der Waals surface area (Å²) in [5.41, 5.74) is 0. The summed E-state index contributed by atoms with van der Waals surface area (Å²) in [7, 11) is -3.94. The zero-order valence-electron chi connectivity index (χ0n) is 10.7. The molecule has 108 valence electrons. The molecule has 0 radical (unpaired) electrons. The van der Waals surface area contributed by atoms with E-state index in [9.17, 15) is 17.6 Å². The van der Waals surface area contributed by atoms with Crippen LogP contribution in [-0.4, -0.2) is 54.2 Å². The van der Waals surface area contributed by atoms with Crippen molar-refractivity contribution in [2.24, 2.45) is 0 Å². The molecule has 2 saturated heterocycles. The van der Waals surface area contributed by atoms with Crippen molar-refractivity contribution in [2.45, 2.75) is 23.9 Å². The summed E-state index contributed by atoms with van der Waals surface area (Å²) in [6.45, 7) is 0.752. The van der Waals surface area contributed by atoms with E-state index >= 15 is 0 Å². The van der Waals surface area contributed by atoms with Gasteiger partial charge in [-0.1, -0.05) is 0 Å². The number of halogens is 1. The normalized spacial score (nSPS) is 23.9. The summed E-state index contributed by atoms with van der Waals surface area (Å²) in [6, 6.07) is 2.33. The Labute approximate surface area is 116 Å². The Hall–Kier alpha value is -1.54. The number of fused-ring (bicyclic) bond motifs is 1. The largest absolute Gasteiger partial charge is 0.337 e. The minimum absolute atomic E-state index is 0.0658. The van der Waals surface area contributed by atoms with Crippen LogP contribution in [0, 0.1) is 5.82 Å². The van der Waals surface area contributed by atoms with Crippen LogP contribution in [0.2, 0.25) is 0 Å². The maximum absolute atomic E-state index is 13.6. The number of rotatable bonds is 2. The fraction of sp³-hybridized carbons (Fsp3) is 0.500. The van der Waals surface area contributed by atoms with Crippen LogP contribution >= 0.6 is 0 Å². The number of pyridine rings is 1. The van der Waals surface area contributed by atoms with Crippen molar-refractivity contribution in [1.82, 2.24) is 14.2 Å². The Kier molecular flexibility index (Phi) is 3.21. The molecule has 1 atom stereocenters. The van der Waals surface area contributed by atoms with Crippen molar-refractivity contribution in [3.05, 3.63) is 24.1 Å². The number of hydrogen-bond donors (Lipinski definition) is 0. The molecule has 0 saturated carbocycles. The summed E-state index contributed by atoms with van der Waals surface area (Å²) in [5, 5.41) is -0.544. The number of piperazine rings is 1. The topological polar surface area (TPSA) is 70.6 Å². The molecule has 8 heteroatoms. The Bertz CT molecular complexity index is 649. The van der Waals surface area contributed by atoms with Gasteiger partial charge in [0.1, 0.15) is 0 Å². The van der Waals surface area contributed by atoms with E-state index < -0.39 is 20.9 Å². The molecular formula is C12H14FN3O3S. The van der Waals surface area contributed by atoms with Gasteiger partial charge in [-0.15, -0.1) is 0 Å². The van der Waals surface area contributed by atoms with Gasteiger partial charge in [-0.3, -0.25) is 4.79 Å². The van der Waals surface area contributed by atoms with Gasteiger partial charge in [-0.25, -0.2) is 17.8 Å². The van der Waals surface area contributed by atoms with Crippen molar-refractivity contribution < 1.29 is 17.6 Å². The minimum Gasteiger partial charge on any atom is -0.337 e. The van der Waals surface area contributed by atoms with Gasteiger partial charge < -0.3 is 4.90 Å². The van der Waals surface area contributed by atoms with Gasteiger partial charge in [0.2, 0.25) is 10.9 Å². The van der Waals surface area contributed by atoms with Crippen molar-refractivity contribution in [3.8, 4) is 0 Å². The Balaban J connectivity index is 1.87. The molecular weight excluding hydrogens is 285 g/mol. The van der Waals surface area contributed by atoms with Crippen LogP contribution in [0.1, 0.15) is 12.8 Å². The summed E-state index contributed by atoms with van der Waals surface area (Å²) in [5.74, 6) is -0.784. The predicted octanol–water partition coefficient (Wildman–Crippen LogP) is 0.216. The zero-order valence-corrected chi connectivity index (χ0v) is 11.5. The lowest BCUT2D eigenvalue weighted by Gasteiger charge is -2.36. The molecule has 1 aromatic rings. The molecule has 1 amide bonds. The molecule has 2 aliphatic rings. The quantitative estimate of drug-likeness (QED) is 0.783. The molecule has 3 heterocycles. The third-order valence-electron chi connectivity index (χ3n) is 3.77. The highest BCUT2D eigenvalue weighted by molar-refractivity contribution is 7.89. The van der Waals surface area contributed by atoms with Crippen LogP contribution in [0.15, 0.2) is 23.4 Å². The third kappa shape index (κ3) is 2.08. The lowest BCUT2D eigenvalue weighted by atomic mass is 10.2. The molecule has 6 nitrogen and oxygen atoms in total. The first-order chi connectivity index (χ1) is 9.50. The number of amides is 1. The highest BCUT2D eigenvalue weighted by Gasteiger charge is 2.40. The summed E-state index contributed by atoms with van der Waals surface area (Å²) < 4.78 is 39.7. The smallest absolute Gasteiger partial charge is 0.263 e. The number of aromatic nitrogens is 1. The second kappa shape index (κ2) is 4.78. The van der Waals surface area contributed by atoms with Gasteiger partial charge in [0.05, 0.1) is 0 Å². The SMILES string of the molecule is O=C1CCC2CN(S(=O)(=O)c3ncccc3F)CCN12. The molecule has 20 heavy (non-hydrogen) atoms. The Morgan fingerprint density at radius 3 is 2.90 bits per heavy atom. The summed E-state index contributed by atoms with van der Waals surface area (Å²) >= 11 is 0. The van der Waals surface area contributed by atoms with Crippen LogP contribution in [0.25, 0.3) is 0 Å². The first-order valence-corrected chi connectivity index (χ1v) is 7.84. The van der Waals surface area contributed by atoms with E-state index in [0.717, 1.165) is 6.07 Å². The van der Waals surface area contributed by atoms with Crippen LogP contribution in [0.5, 0.6) is 0 Å². The number of carbonyl (C=O) groups is 1. The molecule has 0 bridgehead atoms. The molecule has 0 N–H and O–H groups in total. The molecule has 3 rings (SSSR count). The van der Waals surface area contributed by atoms with E-state index in [1.807, 2.05) is 0 Å². The van der Waals surface area contributed by atoms with Gasteiger partial charge in [0, 0.05) is 38.3 Å². The van der Waals surface area contributed by atoms with E-state index in [1.54, 1.807) is 4.90 Å². The third-order valence-corrected chi connectivity index (χ3v) is 5.57. The van der Waals surface area contributed by atoms with Crippen molar-refractivity contribution in [2.75, 3.05) is 19.6 Å².